The molecule has 0 saturated carbocycles. The summed E-state index contributed by atoms with van der Waals surface area (Å²) in [5, 5.41) is 0. The Kier molecular flexibility index (Phi) is 3.77. The first-order chi connectivity index (χ1) is 8.70. The molecule has 2 aromatic rings. The number of furan rings is 1. The van der Waals surface area contributed by atoms with E-state index in [1.807, 2.05) is 6.92 Å². The first kappa shape index (κ1) is 12.4. The zero-order valence-electron chi connectivity index (χ0n) is 10.1. The molecule has 1 heterocycles. The number of benzene rings is 1. The molecule has 0 saturated heterocycles. The van der Waals surface area contributed by atoms with E-state index in [1.54, 1.807) is 23.1 Å². The monoisotopic (exact) mass is 247 g/mol. The Morgan fingerprint density at radius 2 is 2.22 bits per heavy atom. The molecular weight excluding hydrogens is 233 g/mol. The minimum atomic E-state index is -0.292. The summed E-state index contributed by atoms with van der Waals surface area (Å²) < 4.78 is 18.0. The molecule has 0 N–H and O–H groups in total. The maximum atomic E-state index is 13.1. The predicted octanol–water partition coefficient (Wildman–Crippen LogP) is 3.08. The van der Waals surface area contributed by atoms with E-state index in [1.165, 1.54) is 24.7 Å². The third kappa shape index (κ3) is 2.77. The van der Waals surface area contributed by atoms with Crippen LogP contribution in [0.5, 0.6) is 0 Å². The number of amides is 1. The summed E-state index contributed by atoms with van der Waals surface area (Å²) >= 11 is 0. The van der Waals surface area contributed by atoms with Crippen LogP contribution in [0, 0.1) is 5.82 Å². The van der Waals surface area contributed by atoms with E-state index < -0.39 is 0 Å². The summed E-state index contributed by atoms with van der Waals surface area (Å²) in [6.07, 6.45) is 2.87. The van der Waals surface area contributed by atoms with E-state index in [9.17, 15) is 9.18 Å². The second kappa shape index (κ2) is 5.49. The Hall–Kier alpha value is -2.10. The van der Waals surface area contributed by atoms with Gasteiger partial charge in [-0.2, -0.15) is 0 Å². The van der Waals surface area contributed by atoms with Crippen LogP contribution in [0.15, 0.2) is 47.3 Å². The molecule has 2 rings (SSSR count). The van der Waals surface area contributed by atoms with Gasteiger partial charge in [0.05, 0.1) is 11.8 Å². The molecule has 0 spiro atoms. The van der Waals surface area contributed by atoms with E-state index in [0.717, 1.165) is 5.56 Å². The molecular formula is C14H14FNO2. The summed E-state index contributed by atoms with van der Waals surface area (Å²) in [5.74, 6) is -0.408. The average molecular weight is 247 g/mol. The SMILES string of the molecule is CCN(Cc1cccc(F)c1)C(=O)c1ccoc1. The fraction of sp³-hybridized carbons (Fsp3) is 0.214. The predicted molar refractivity (Wildman–Crippen MR) is 65.5 cm³/mol. The van der Waals surface area contributed by atoms with Crippen LogP contribution in [-0.4, -0.2) is 17.4 Å². The second-order valence-electron chi connectivity index (χ2n) is 3.96. The number of carbonyl (C=O) groups excluding carboxylic acids is 1. The van der Waals surface area contributed by atoms with E-state index in [-0.39, 0.29) is 11.7 Å². The molecule has 3 nitrogen and oxygen atoms in total. The highest BCUT2D eigenvalue weighted by Gasteiger charge is 2.15. The topological polar surface area (TPSA) is 33.5 Å². The third-order valence-corrected chi connectivity index (χ3v) is 2.70. The van der Waals surface area contributed by atoms with Gasteiger partial charge in [0, 0.05) is 13.1 Å². The van der Waals surface area contributed by atoms with Crippen LogP contribution >= 0.6 is 0 Å². The number of nitrogens with zero attached hydrogens (tertiary/aromatic N) is 1. The van der Waals surface area contributed by atoms with Gasteiger partial charge in [-0.15, -0.1) is 0 Å². The van der Waals surface area contributed by atoms with E-state index in [0.29, 0.717) is 18.7 Å². The lowest BCUT2D eigenvalue weighted by Gasteiger charge is -2.20. The van der Waals surface area contributed by atoms with Gasteiger partial charge in [0.1, 0.15) is 12.1 Å². The third-order valence-electron chi connectivity index (χ3n) is 2.70. The van der Waals surface area contributed by atoms with E-state index in [2.05, 4.69) is 0 Å². The van der Waals surface area contributed by atoms with Gasteiger partial charge < -0.3 is 9.32 Å². The zero-order chi connectivity index (χ0) is 13.0. The zero-order valence-corrected chi connectivity index (χ0v) is 10.1. The molecule has 1 amide bonds. The standard InChI is InChI=1S/C14H14FNO2/c1-2-16(14(17)12-6-7-18-10-12)9-11-4-3-5-13(15)8-11/h3-8,10H,2,9H2,1H3. The molecule has 1 aromatic heterocycles. The number of carbonyl (C=O) groups is 1. The van der Waals surface area contributed by atoms with Crippen LogP contribution in [0.2, 0.25) is 0 Å². The van der Waals surface area contributed by atoms with Crippen molar-refractivity contribution in [3.63, 3.8) is 0 Å². The lowest BCUT2D eigenvalue weighted by molar-refractivity contribution is 0.0751. The molecule has 0 radical (unpaired) electrons. The smallest absolute Gasteiger partial charge is 0.257 e. The van der Waals surface area contributed by atoms with Crippen LogP contribution < -0.4 is 0 Å². The highest BCUT2D eigenvalue weighted by Crippen LogP contribution is 2.11. The molecule has 0 fully saturated rings. The van der Waals surface area contributed by atoms with Crippen molar-refractivity contribution in [1.82, 2.24) is 4.90 Å². The molecule has 0 aliphatic heterocycles. The van der Waals surface area contributed by atoms with Crippen molar-refractivity contribution in [2.75, 3.05) is 6.54 Å². The van der Waals surface area contributed by atoms with Gasteiger partial charge in [0.25, 0.3) is 5.91 Å². The largest absolute Gasteiger partial charge is 0.472 e. The average Bonchev–Trinajstić information content (AvgIpc) is 2.89. The van der Waals surface area contributed by atoms with Gasteiger partial charge >= 0.3 is 0 Å². The van der Waals surface area contributed by atoms with E-state index >= 15 is 0 Å². The Morgan fingerprint density at radius 1 is 1.39 bits per heavy atom. The number of rotatable bonds is 4. The van der Waals surface area contributed by atoms with Crippen molar-refractivity contribution in [1.29, 1.82) is 0 Å². The van der Waals surface area contributed by atoms with Crippen LogP contribution in [0.25, 0.3) is 0 Å². The Balaban J connectivity index is 2.12. The molecule has 0 bridgehead atoms. The molecule has 0 unspecified atom stereocenters. The highest BCUT2D eigenvalue weighted by atomic mass is 19.1. The second-order valence-corrected chi connectivity index (χ2v) is 3.96. The minimum Gasteiger partial charge on any atom is -0.472 e. The summed E-state index contributed by atoms with van der Waals surface area (Å²) in [7, 11) is 0. The van der Waals surface area contributed by atoms with Gasteiger partial charge in [-0.1, -0.05) is 12.1 Å². The van der Waals surface area contributed by atoms with Crippen LogP contribution in [-0.2, 0) is 6.54 Å². The summed E-state index contributed by atoms with van der Waals surface area (Å²) in [5.41, 5.74) is 1.28. The highest BCUT2D eigenvalue weighted by molar-refractivity contribution is 5.93. The summed E-state index contributed by atoms with van der Waals surface area (Å²) in [6.45, 7) is 2.83. The number of halogens is 1. The molecule has 0 aliphatic rings. The van der Waals surface area contributed by atoms with Gasteiger partial charge in [-0.05, 0) is 30.7 Å². The van der Waals surface area contributed by atoms with Crippen LogP contribution in [0.4, 0.5) is 4.39 Å². The quantitative estimate of drug-likeness (QED) is 0.831. The van der Waals surface area contributed by atoms with Crippen molar-refractivity contribution in [3.05, 3.63) is 59.8 Å². The maximum absolute atomic E-state index is 13.1. The van der Waals surface area contributed by atoms with Gasteiger partial charge in [-0.3, -0.25) is 4.79 Å². The summed E-state index contributed by atoms with van der Waals surface area (Å²) in [4.78, 5) is 13.7. The van der Waals surface area contributed by atoms with Crippen LogP contribution in [0.1, 0.15) is 22.8 Å². The van der Waals surface area contributed by atoms with E-state index in [4.69, 9.17) is 4.42 Å². The number of hydrogen-bond acceptors (Lipinski definition) is 2. The maximum Gasteiger partial charge on any atom is 0.257 e. The molecule has 0 atom stereocenters. The molecule has 4 heteroatoms. The van der Waals surface area contributed by atoms with Gasteiger partial charge in [0.15, 0.2) is 0 Å². The first-order valence-corrected chi connectivity index (χ1v) is 5.76. The van der Waals surface area contributed by atoms with Gasteiger partial charge in [0.2, 0.25) is 0 Å². The normalized spacial score (nSPS) is 10.3. The molecule has 1 aromatic carbocycles. The van der Waals surface area contributed by atoms with Crippen molar-refractivity contribution >= 4 is 5.91 Å². The first-order valence-electron chi connectivity index (χ1n) is 5.76. The Bertz CT molecular complexity index is 522. The molecule has 0 aliphatic carbocycles. The van der Waals surface area contributed by atoms with Crippen molar-refractivity contribution in [2.45, 2.75) is 13.5 Å². The minimum absolute atomic E-state index is 0.115. The number of hydrogen-bond donors (Lipinski definition) is 0. The Labute approximate surface area is 105 Å². The van der Waals surface area contributed by atoms with Crippen molar-refractivity contribution in [2.24, 2.45) is 0 Å². The Morgan fingerprint density at radius 3 is 2.83 bits per heavy atom. The molecule has 94 valence electrons. The lowest BCUT2D eigenvalue weighted by Crippen LogP contribution is -2.30. The summed E-state index contributed by atoms with van der Waals surface area (Å²) in [6, 6.07) is 7.88. The fourth-order valence-electron chi connectivity index (χ4n) is 1.75. The van der Waals surface area contributed by atoms with Gasteiger partial charge in [-0.25, -0.2) is 4.39 Å². The fourth-order valence-corrected chi connectivity index (χ4v) is 1.75. The van der Waals surface area contributed by atoms with Crippen molar-refractivity contribution < 1.29 is 13.6 Å². The van der Waals surface area contributed by atoms with Crippen molar-refractivity contribution in [3.8, 4) is 0 Å². The lowest BCUT2D eigenvalue weighted by atomic mass is 10.2. The molecule has 18 heavy (non-hydrogen) atoms. The van der Waals surface area contributed by atoms with Crippen LogP contribution in [0.3, 0.4) is 0 Å².